The molecule has 0 spiro atoms. The van der Waals surface area contributed by atoms with Crippen molar-refractivity contribution in [3.63, 3.8) is 0 Å². The first-order valence-corrected chi connectivity index (χ1v) is 8.16. The first kappa shape index (κ1) is 16.4. The second-order valence-electron chi connectivity index (χ2n) is 6.78. The van der Waals surface area contributed by atoms with Crippen LogP contribution >= 0.6 is 0 Å². The zero-order valence-corrected chi connectivity index (χ0v) is 13.9. The van der Waals surface area contributed by atoms with Crippen molar-refractivity contribution in [1.82, 2.24) is 15.3 Å². The van der Waals surface area contributed by atoms with E-state index in [9.17, 15) is 0 Å². The molecule has 1 aromatic heterocycles. The largest absolute Gasteiger partial charge is 0.373 e. The average Bonchev–Trinajstić information content (AvgIpc) is 2.49. The molecule has 1 aromatic rings. The molecule has 1 aliphatic rings. The molecule has 1 atom stereocenters. The lowest BCUT2D eigenvalue weighted by molar-refractivity contribution is -0.108. The predicted molar refractivity (Wildman–Crippen MR) is 85.1 cm³/mol. The summed E-state index contributed by atoms with van der Waals surface area (Å²) in [5.41, 5.74) is 1.25. The van der Waals surface area contributed by atoms with Crippen LogP contribution in [0, 0.1) is 5.41 Å². The Kier molecular flexibility index (Phi) is 5.33. The zero-order valence-electron chi connectivity index (χ0n) is 13.9. The van der Waals surface area contributed by atoms with E-state index in [4.69, 9.17) is 4.74 Å². The van der Waals surface area contributed by atoms with Gasteiger partial charge in [0.15, 0.2) is 0 Å². The molecule has 0 amide bonds. The van der Waals surface area contributed by atoms with Gasteiger partial charge >= 0.3 is 0 Å². The molecule has 1 fully saturated rings. The monoisotopic (exact) mass is 291 g/mol. The Morgan fingerprint density at radius 2 is 1.90 bits per heavy atom. The Morgan fingerprint density at radius 1 is 1.19 bits per heavy atom. The zero-order chi connectivity index (χ0) is 15.3. The molecule has 1 heterocycles. The fourth-order valence-electron chi connectivity index (χ4n) is 3.38. The summed E-state index contributed by atoms with van der Waals surface area (Å²) in [4.78, 5) is 8.78. The van der Waals surface area contributed by atoms with Crippen molar-refractivity contribution in [3.05, 3.63) is 24.3 Å². The molecule has 118 valence electrons. The summed E-state index contributed by atoms with van der Waals surface area (Å²) in [6, 6.07) is 0.118. The molecule has 1 N–H and O–H groups in total. The highest BCUT2D eigenvalue weighted by atomic mass is 16.5. The molecule has 1 aliphatic carbocycles. The van der Waals surface area contributed by atoms with Crippen molar-refractivity contribution in [2.75, 3.05) is 13.2 Å². The third-order valence-electron chi connectivity index (χ3n) is 4.69. The maximum absolute atomic E-state index is 6.30. The number of aromatic nitrogens is 2. The van der Waals surface area contributed by atoms with Gasteiger partial charge in [-0.15, -0.1) is 0 Å². The first-order valence-electron chi connectivity index (χ1n) is 8.16. The number of rotatable bonds is 6. The van der Waals surface area contributed by atoms with Gasteiger partial charge in [-0.2, -0.15) is 0 Å². The van der Waals surface area contributed by atoms with E-state index in [-0.39, 0.29) is 11.6 Å². The summed E-state index contributed by atoms with van der Waals surface area (Å²) in [5, 5.41) is 3.59. The van der Waals surface area contributed by atoms with E-state index in [1.54, 1.807) is 12.4 Å². The molecule has 0 aliphatic heterocycles. The van der Waals surface area contributed by atoms with Gasteiger partial charge in [0.1, 0.15) is 0 Å². The Morgan fingerprint density at radius 3 is 2.43 bits per heavy atom. The normalized spacial score (nSPS) is 21.9. The van der Waals surface area contributed by atoms with Crippen molar-refractivity contribution in [1.29, 1.82) is 0 Å². The minimum atomic E-state index is -0.156. The van der Waals surface area contributed by atoms with E-state index < -0.39 is 0 Å². The lowest BCUT2D eigenvalue weighted by Gasteiger charge is -2.47. The second-order valence-corrected chi connectivity index (χ2v) is 6.78. The Hall–Kier alpha value is -1.00. The molecule has 1 saturated carbocycles. The summed E-state index contributed by atoms with van der Waals surface area (Å²) in [5.74, 6) is 0. The van der Waals surface area contributed by atoms with Crippen molar-refractivity contribution < 1.29 is 4.74 Å². The van der Waals surface area contributed by atoms with Gasteiger partial charge in [0.05, 0.1) is 23.5 Å². The average molecular weight is 291 g/mol. The molecule has 2 rings (SSSR count). The van der Waals surface area contributed by atoms with Crippen LogP contribution < -0.4 is 5.32 Å². The fourth-order valence-corrected chi connectivity index (χ4v) is 3.38. The summed E-state index contributed by atoms with van der Waals surface area (Å²) in [6.07, 6.45) is 9.89. The van der Waals surface area contributed by atoms with Crippen LogP contribution in [0.15, 0.2) is 18.6 Å². The standard InChI is InChI=1S/C17H29N3O/c1-5-19-15(14-13-18-11-12-20-14)17(21-6-2)9-7-16(3,4)8-10-17/h11-13,15,19H,5-10H2,1-4H3. The van der Waals surface area contributed by atoms with Crippen LogP contribution in [0.1, 0.15) is 65.1 Å². The third kappa shape index (κ3) is 3.80. The molecule has 0 radical (unpaired) electrons. The van der Waals surface area contributed by atoms with Gasteiger partial charge in [-0.3, -0.25) is 9.97 Å². The van der Waals surface area contributed by atoms with Gasteiger partial charge < -0.3 is 10.1 Å². The molecular weight excluding hydrogens is 262 g/mol. The highest BCUT2D eigenvalue weighted by molar-refractivity contribution is 5.12. The Labute approximate surface area is 128 Å². The fraction of sp³-hybridized carbons (Fsp3) is 0.765. The van der Waals surface area contributed by atoms with Crippen LogP contribution in [0.5, 0.6) is 0 Å². The van der Waals surface area contributed by atoms with Crippen LogP contribution in [-0.4, -0.2) is 28.7 Å². The van der Waals surface area contributed by atoms with E-state index in [0.717, 1.165) is 31.7 Å². The molecule has 0 saturated heterocycles. The number of hydrogen-bond acceptors (Lipinski definition) is 4. The quantitative estimate of drug-likeness (QED) is 0.871. The van der Waals surface area contributed by atoms with E-state index in [2.05, 4.69) is 43.0 Å². The van der Waals surface area contributed by atoms with Crippen molar-refractivity contribution in [3.8, 4) is 0 Å². The van der Waals surface area contributed by atoms with Crippen LogP contribution in [0.4, 0.5) is 0 Å². The summed E-state index contributed by atoms with van der Waals surface area (Å²) in [7, 11) is 0. The third-order valence-corrected chi connectivity index (χ3v) is 4.69. The van der Waals surface area contributed by atoms with E-state index in [0.29, 0.717) is 5.41 Å². The molecule has 0 bridgehead atoms. The van der Waals surface area contributed by atoms with Gasteiger partial charge in [-0.05, 0) is 44.6 Å². The highest BCUT2D eigenvalue weighted by Crippen LogP contribution is 2.47. The predicted octanol–water partition coefficient (Wildman–Crippen LogP) is 3.50. The number of hydrogen-bond donors (Lipinski definition) is 1. The van der Waals surface area contributed by atoms with Crippen molar-refractivity contribution in [2.45, 2.75) is 65.0 Å². The van der Waals surface area contributed by atoms with Crippen molar-refractivity contribution >= 4 is 0 Å². The lowest BCUT2D eigenvalue weighted by atomic mass is 9.68. The van der Waals surface area contributed by atoms with Crippen LogP contribution in [0.2, 0.25) is 0 Å². The highest BCUT2D eigenvalue weighted by Gasteiger charge is 2.45. The number of ether oxygens (including phenoxy) is 1. The van der Waals surface area contributed by atoms with Gasteiger partial charge in [0.25, 0.3) is 0 Å². The summed E-state index contributed by atoms with van der Waals surface area (Å²) < 4.78 is 6.30. The minimum absolute atomic E-state index is 0.118. The molecular formula is C17H29N3O. The number of likely N-dealkylation sites (N-methyl/N-ethyl adjacent to an activating group) is 1. The van der Waals surface area contributed by atoms with Gasteiger partial charge in [0.2, 0.25) is 0 Å². The molecule has 4 heteroatoms. The number of nitrogens with one attached hydrogen (secondary N) is 1. The maximum atomic E-state index is 6.30. The smallest absolute Gasteiger partial charge is 0.0892 e. The summed E-state index contributed by atoms with van der Waals surface area (Å²) >= 11 is 0. The lowest BCUT2D eigenvalue weighted by Crippen LogP contribution is -2.50. The molecule has 21 heavy (non-hydrogen) atoms. The van der Waals surface area contributed by atoms with Crippen LogP contribution in [-0.2, 0) is 4.74 Å². The summed E-state index contributed by atoms with van der Waals surface area (Å²) in [6.45, 7) is 10.6. The van der Waals surface area contributed by atoms with E-state index >= 15 is 0 Å². The second kappa shape index (κ2) is 6.84. The van der Waals surface area contributed by atoms with Gasteiger partial charge in [-0.1, -0.05) is 20.8 Å². The first-order chi connectivity index (χ1) is 10.0. The van der Waals surface area contributed by atoms with Crippen LogP contribution in [0.25, 0.3) is 0 Å². The molecule has 4 nitrogen and oxygen atoms in total. The topological polar surface area (TPSA) is 47.0 Å². The van der Waals surface area contributed by atoms with E-state index in [1.165, 1.54) is 12.8 Å². The molecule has 0 aromatic carbocycles. The van der Waals surface area contributed by atoms with Gasteiger partial charge in [0, 0.05) is 19.0 Å². The Balaban J connectivity index is 2.29. The Bertz CT molecular complexity index is 423. The van der Waals surface area contributed by atoms with E-state index in [1.807, 2.05) is 6.20 Å². The van der Waals surface area contributed by atoms with Crippen LogP contribution in [0.3, 0.4) is 0 Å². The number of nitrogens with zero attached hydrogens (tertiary/aromatic N) is 2. The maximum Gasteiger partial charge on any atom is 0.0892 e. The van der Waals surface area contributed by atoms with Crippen molar-refractivity contribution in [2.24, 2.45) is 5.41 Å². The SMILES string of the molecule is CCNC(c1cnccn1)C1(OCC)CCC(C)(C)CC1. The molecule has 1 unspecified atom stereocenters. The van der Waals surface area contributed by atoms with Gasteiger partial charge in [-0.25, -0.2) is 0 Å². The minimum Gasteiger partial charge on any atom is -0.373 e.